The Morgan fingerprint density at radius 3 is 3.09 bits per heavy atom. The SMILES string of the molecule is Nc1nc2c(ncn2[C@@H]2O[C@H](COP(O)(O)=S)C[C@@H]2I)c(=O)[nH]1. The normalized spacial score (nSPS) is 25.3. The van der Waals surface area contributed by atoms with E-state index in [1.165, 1.54) is 6.33 Å². The molecule has 1 aliphatic rings. The number of hydrogen-bond acceptors (Lipinski definition) is 7. The van der Waals surface area contributed by atoms with Gasteiger partial charge in [-0.3, -0.25) is 14.3 Å². The standard InChI is InChI=1S/C10H13IN5O5PS/c11-5-1-4(2-20-22(18,19)23)21-9(5)16-3-13-6-7(16)14-10(12)15-8(6)17/h3-5,9H,1-2H2,(H2,18,19,23)(H3,12,14,15,17)/t4-,5-,9+/m0/s1. The molecular weight excluding hydrogens is 460 g/mol. The molecule has 5 N–H and O–H groups in total. The Bertz CT molecular complexity index is 837. The van der Waals surface area contributed by atoms with E-state index >= 15 is 0 Å². The van der Waals surface area contributed by atoms with E-state index in [-0.39, 0.29) is 28.1 Å². The van der Waals surface area contributed by atoms with Crippen molar-refractivity contribution >= 4 is 58.2 Å². The van der Waals surface area contributed by atoms with Crippen molar-refractivity contribution in [2.75, 3.05) is 12.3 Å². The summed E-state index contributed by atoms with van der Waals surface area (Å²) in [7, 11) is 0. The molecular formula is C10H13IN5O5PS. The van der Waals surface area contributed by atoms with Gasteiger partial charge in [-0.1, -0.05) is 22.6 Å². The molecule has 3 atom stereocenters. The summed E-state index contributed by atoms with van der Waals surface area (Å²) in [6.07, 6.45) is 1.28. The van der Waals surface area contributed by atoms with Gasteiger partial charge >= 0.3 is 6.72 Å². The number of imidazole rings is 1. The fraction of sp³-hybridized carbons (Fsp3) is 0.500. The molecule has 2 aromatic rings. The van der Waals surface area contributed by atoms with Crippen LogP contribution in [0.4, 0.5) is 5.95 Å². The summed E-state index contributed by atoms with van der Waals surface area (Å²) in [6, 6.07) is 0. The van der Waals surface area contributed by atoms with Crippen molar-refractivity contribution in [3.8, 4) is 0 Å². The van der Waals surface area contributed by atoms with Crippen molar-refractivity contribution in [1.82, 2.24) is 19.5 Å². The lowest BCUT2D eigenvalue weighted by molar-refractivity contribution is -0.0159. The summed E-state index contributed by atoms with van der Waals surface area (Å²) < 4.78 is 12.4. The molecule has 23 heavy (non-hydrogen) atoms. The summed E-state index contributed by atoms with van der Waals surface area (Å²) in [5, 5.41) is 0. The zero-order chi connectivity index (χ0) is 16.8. The van der Waals surface area contributed by atoms with Gasteiger partial charge in [0.15, 0.2) is 11.2 Å². The average molecular weight is 473 g/mol. The molecule has 0 bridgehead atoms. The van der Waals surface area contributed by atoms with E-state index in [1.807, 2.05) is 0 Å². The third-order valence-corrected chi connectivity index (χ3v) is 5.21. The first kappa shape index (κ1) is 17.2. The second-order valence-corrected chi connectivity index (χ2v) is 9.23. The second kappa shape index (κ2) is 6.35. The van der Waals surface area contributed by atoms with E-state index in [9.17, 15) is 4.79 Å². The predicted molar refractivity (Wildman–Crippen MR) is 93.6 cm³/mol. The topological polar surface area (TPSA) is 149 Å². The number of hydrogen-bond donors (Lipinski definition) is 4. The Labute approximate surface area is 148 Å². The van der Waals surface area contributed by atoms with Crippen LogP contribution in [-0.2, 0) is 21.1 Å². The van der Waals surface area contributed by atoms with Gasteiger partial charge in [-0.25, -0.2) is 4.98 Å². The molecule has 3 rings (SSSR count). The van der Waals surface area contributed by atoms with Crippen LogP contribution in [0.5, 0.6) is 0 Å². The molecule has 10 nitrogen and oxygen atoms in total. The fourth-order valence-corrected chi connectivity index (χ4v) is 3.99. The summed E-state index contributed by atoms with van der Waals surface area (Å²) in [4.78, 5) is 40.6. The fourth-order valence-electron chi connectivity index (χ4n) is 2.36. The van der Waals surface area contributed by atoms with E-state index in [0.29, 0.717) is 12.1 Å². The van der Waals surface area contributed by atoms with E-state index in [4.69, 9.17) is 24.8 Å². The van der Waals surface area contributed by atoms with Gasteiger partial charge in [0.05, 0.1) is 23.0 Å². The zero-order valence-electron chi connectivity index (χ0n) is 11.5. The number of fused-ring (bicyclic) bond motifs is 1. The molecule has 0 aromatic carbocycles. The summed E-state index contributed by atoms with van der Waals surface area (Å²) in [6.45, 7) is -3.74. The molecule has 126 valence electrons. The van der Waals surface area contributed by atoms with E-state index in [2.05, 4.69) is 49.3 Å². The number of rotatable bonds is 4. The number of ether oxygens (including phenoxy) is 1. The quantitative estimate of drug-likeness (QED) is 0.274. The maximum atomic E-state index is 11.8. The zero-order valence-corrected chi connectivity index (χ0v) is 15.4. The van der Waals surface area contributed by atoms with Gasteiger partial charge in [0.25, 0.3) is 5.56 Å². The van der Waals surface area contributed by atoms with Crippen LogP contribution in [0.3, 0.4) is 0 Å². The van der Waals surface area contributed by atoms with Crippen LogP contribution in [0.15, 0.2) is 11.1 Å². The number of alkyl halides is 1. The Balaban J connectivity index is 1.85. The van der Waals surface area contributed by atoms with Crippen LogP contribution >= 0.6 is 29.3 Å². The first-order chi connectivity index (χ1) is 10.7. The van der Waals surface area contributed by atoms with Gasteiger partial charge in [0, 0.05) is 0 Å². The summed E-state index contributed by atoms with van der Waals surface area (Å²) in [5.74, 6) is -0.00612. The molecule has 1 aliphatic heterocycles. The first-order valence-corrected chi connectivity index (χ1v) is 10.3. The Morgan fingerprint density at radius 1 is 1.65 bits per heavy atom. The van der Waals surface area contributed by atoms with E-state index < -0.39 is 18.5 Å². The first-order valence-electron chi connectivity index (χ1n) is 6.46. The number of aromatic amines is 1. The van der Waals surface area contributed by atoms with Crippen molar-refractivity contribution in [3.63, 3.8) is 0 Å². The molecule has 0 spiro atoms. The number of halogens is 1. The van der Waals surface area contributed by atoms with Crippen molar-refractivity contribution in [1.29, 1.82) is 0 Å². The summed E-state index contributed by atoms with van der Waals surface area (Å²) >= 11 is 6.62. The number of nitrogen functional groups attached to an aromatic ring is 1. The molecule has 0 radical (unpaired) electrons. The summed E-state index contributed by atoms with van der Waals surface area (Å²) in [5.41, 5.74) is 5.66. The van der Waals surface area contributed by atoms with Gasteiger partial charge in [-0.2, -0.15) is 4.98 Å². The van der Waals surface area contributed by atoms with Crippen LogP contribution in [-0.4, -0.2) is 45.9 Å². The predicted octanol–water partition coefficient (Wildman–Crippen LogP) is 0.0186. The van der Waals surface area contributed by atoms with Gasteiger partial charge in [-0.15, -0.1) is 0 Å². The molecule has 1 fully saturated rings. The monoisotopic (exact) mass is 473 g/mol. The molecule has 0 aliphatic carbocycles. The molecule has 3 heterocycles. The number of nitrogens with zero attached hydrogens (tertiary/aromatic N) is 3. The van der Waals surface area contributed by atoms with Gasteiger partial charge < -0.3 is 24.8 Å². The van der Waals surface area contributed by atoms with Gasteiger partial charge in [0.1, 0.15) is 6.23 Å². The molecule has 1 saturated heterocycles. The van der Waals surface area contributed by atoms with Crippen molar-refractivity contribution in [2.45, 2.75) is 22.7 Å². The smallest absolute Gasteiger partial charge is 0.321 e. The van der Waals surface area contributed by atoms with Crippen LogP contribution in [0, 0.1) is 0 Å². The van der Waals surface area contributed by atoms with Gasteiger partial charge in [-0.05, 0) is 18.2 Å². The van der Waals surface area contributed by atoms with Crippen LogP contribution in [0.25, 0.3) is 11.2 Å². The minimum atomic E-state index is -3.71. The molecule has 13 heteroatoms. The number of H-pyrrole nitrogens is 1. The minimum Gasteiger partial charge on any atom is -0.369 e. The molecule has 0 saturated carbocycles. The number of anilines is 1. The van der Waals surface area contributed by atoms with Gasteiger partial charge in [0.2, 0.25) is 5.95 Å². The lowest BCUT2D eigenvalue weighted by Gasteiger charge is -2.17. The lowest BCUT2D eigenvalue weighted by Crippen LogP contribution is -2.18. The third-order valence-electron chi connectivity index (χ3n) is 3.28. The lowest BCUT2D eigenvalue weighted by atomic mass is 10.2. The number of nitrogens with two attached hydrogens (primary N) is 1. The van der Waals surface area contributed by atoms with E-state index in [0.717, 1.165) is 0 Å². The Hall–Kier alpha value is -0.630. The molecule has 0 amide bonds. The van der Waals surface area contributed by atoms with Crippen LogP contribution < -0.4 is 11.3 Å². The Morgan fingerprint density at radius 2 is 2.39 bits per heavy atom. The molecule has 2 aromatic heterocycles. The minimum absolute atomic E-state index is 0.00612. The highest BCUT2D eigenvalue weighted by atomic mass is 127. The maximum Gasteiger partial charge on any atom is 0.321 e. The average Bonchev–Trinajstić information content (AvgIpc) is 2.99. The second-order valence-electron chi connectivity index (χ2n) is 4.96. The number of nitrogens with one attached hydrogen (secondary N) is 1. The number of aromatic nitrogens is 4. The molecule has 0 unspecified atom stereocenters. The van der Waals surface area contributed by atoms with Crippen LogP contribution in [0.1, 0.15) is 12.6 Å². The van der Waals surface area contributed by atoms with Crippen molar-refractivity contribution in [2.24, 2.45) is 0 Å². The van der Waals surface area contributed by atoms with Crippen molar-refractivity contribution in [3.05, 3.63) is 16.7 Å². The third kappa shape index (κ3) is 3.73. The van der Waals surface area contributed by atoms with E-state index in [1.54, 1.807) is 4.57 Å². The van der Waals surface area contributed by atoms with Crippen molar-refractivity contribution < 1.29 is 19.0 Å². The highest BCUT2D eigenvalue weighted by Gasteiger charge is 2.36. The largest absolute Gasteiger partial charge is 0.369 e. The van der Waals surface area contributed by atoms with Crippen LogP contribution in [0.2, 0.25) is 0 Å². The highest BCUT2D eigenvalue weighted by Crippen LogP contribution is 2.40. The highest BCUT2D eigenvalue weighted by molar-refractivity contribution is 14.1. The Kier molecular flexibility index (Phi) is 4.75. The maximum absolute atomic E-state index is 11.8.